The molecule has 2 aliphatic rings. The maximum absolute atomic E-state index is 15.6. The molecule has 10 rings (SSSR count). The van der Waals surface area contributed by atoms with Crippen LogP contribution in [0.15, 0.2) is 122 Å². The number of benzene rings is 4. The van der Waals surface area contributed by atoms with Crippen molar-refractivity contribution in [2.24, 2.45) is 0 Å². The lowest BCUT2D eigenvalue weighted by molar-refractivity contribution is -0.131. The third-order valence-corrected chi connectivity index (χ3v) is 14.9. The molecule has 2 fully saturated rings. The molecule has 72 heavy (non-hydrogen) atoms. The Morgan fingerprint density at radius 2 is 0.931 bits per heavy atom. The summed E-state index contributed by atoms with van der Waals surface area (Å²) in [5.74, 6) is 1.29. The number of fused-ring (bicyclic) bond motifs is 2. The lowest BCUT2D eigenvalue weighted by Crippen LogP contribution is -2.60. The number of nitrogens with one attached hydrogen (secondary N) is 2. The minimum Gasteiger partial charge on any atom is -0.395 e. The maximum atomic E-state index is 15.6. The smallest absolute Gasteiger partial charge is 0.229 e. The molecule has 0 aliphatic carbocycles. The van der Waals surface area contributed by atoms with Crippen LogP contribution in [-0.2, 0) is 17.6 Å². The zero-order chi connectivity index (χ0) is 49.7. The second-order valence-electron chi connectivity index (χ2n) is 19.5. The molecule has 0 spiro atoms. The summed E-state index contributed by atoms with van der Waals surface area (Å²) < 4.78 is 4.17. The van der Waals surface area contributed by atoms with Gasteiger partial charge in [-0.25, -0.2) is 9.97 Å². The van der Waals surface area contributed by atoms with Crippen LogP contribution < -0.4 is 10.6 Å². The first-order valence-corrected chi connectivity index (χ1v) is 25.3. The number of nitrogens with zero attached hydrogens (tertiary/aromatic N) is 10. The van der Waals surface area contributed by atoms with E-state index < -0.39 is 0 Å². The Labute approximate surface area is 421 Å². The highest BCUT2D eigenvalue weighted by Crippen LogP contribution is 2.27. The summed E-state index contributed by atoms with van der Waals surface area (Å²) in [4.78, 5) is 44.0. The maximum Gasteiger partial charge on any atom is 0.229 e. The summed E-state index contributed by atoms with van der Waals surface area (Å²) in [6.45, 7) is 16.0. The Hall–Kier alpha value is -6.85. The van der Waals surface area contributed by atoms with Crippen LogP contribution >= 0.6 is 0 Å². The van der Waals surface area contributed by atoms with E-state index >= 15 is 4.79 Å². The van der Waals surface area contributed by atoms with Crippen LogP contribution in [0.5, 0.6) is 0 Å². The molecule has 4 aromatic carbocycles. The van der Waals surface area contributed by atoms with Crippen molar-refractivity contribution in [1.82, 2.24) is 48.7 Å². The van der Waals surface area contributed by atoms with Crippen molar-refractivity contribution in [2.45, 2.75) is 52.6 Å². The van der Waals surface area contributed by atoms with E-state index in [9.17, 15) is 10.2 Å². The van der Waals surface area contributed by atoms with Gasteiger partial charge >= 0.3 is 0 Å². The highest BCUT2D eigenvalue weighted by Gasteiger charge is 2.37. The number of hydrogen-bond donors (Lipinski definition) is 4. The first-order chi connectivity index (χ1) is 35.1. The molecule has 0 amide bonds. The van der Waals surface area contributed by atoms with Crippen LogP contribution in [-0.4, -0.2) is 155 Å². The first kappa shape index (κ1) is 48.8. The molecule has 372 valence electrons. The number of β-amino-alcohol motifs (C(OH)–C–C–N with tert-alkyl or cyclic N) is 2. The number of aryl methyl sites for hydroxylation is 4. The van der Waals surface area contributed by atoms with Gasteiger partial charge in [0.2, 0.25) is 11.9 Å². The number of aromatic nitrogens is 6. The normalized spacial score (nSPS) is 16.1. The van der Waals surface area contributed by atoms with E-state index in [1.54, 1.807) is 0 Å². The zero-order valence-corrected chi connectivity index (χ0v) is 41.9. The molecule has 4 N–H and O–H groups in total. The monoisotopic (exact) mass is 967 g/mol. The Balaban J connectivity index is 0.908. The number of hydrogen-bond acceptors (Lipinski definition) is 13. The molecule has 0 bridgehead atoms. The van der Waals surface area contributed by atoms with Crippen molar-refractivity contribution in [2.75, 3.05) is 89.3 Å². The number of ketones is 1. The molecule has 2 atom stereocenters. The van der Waals surface area contributed by atoms with E-state index in [2.05, 4.69) is 150 Å². The molecule has 2 saturated heterocycles. The largest absolute Gasteiger partial charge is 0.395 e. The number of carbonyl (C=O) groups excluding carboxylic acids is 1. The Morgan fingerprint density at radius 3 is 1.31 bits per heavy atom. The van der Waals surface area contributed by atoms with E-state index in [0.717, 1.165) is 108 Å². The molecule has 2 unspecified atom stereocenters. The van der Waals surface area contributed by atoms with Crippen molar-refractivity contribution in [1.29, 1.82) is 0 Å². The van der Waals surface area contributed by atoms with Gasteiger partial charge in [0.15, 0.2) is 5.78 Å². The fourth-order valence-electron chi connectivity index (χ4n) is 10.2. The van der Waals surface area contributed by atoms with E-state index in [1.165, 1.54) is 22.3 Å². The van der Waals surface area contributed by atoms with E-state index in [4.69, 9.17) is 9.97 Å². The highest BCUT2D eigenvalue weighted by atomic mass is 16.3. The topological polar surface area (TPSA) is 156 Å². The average molecular weight is 967 g/mol. The van der Waals surface area contributed by atoms with Gasteiger partial charge in [0, 0.05) is 124 Å². The molecule has 8 aromatic rings. The van der Waals surface area contributed by atoms with Gasteiger partial charge in [-0.3, -0.25) is 24.4 Å². The number of aliphatic hydroxyl groups is 2. The second kappa shape index (κ2) is 21.9. The minimum atomic E-state index is -0.358. The van der Waals surface area contributed by atoms with Gasteiger partial charge in [-0.2, -0.15) is 9.97 Å². The predicted molar refractivity (Wildman–Crippen MR) is 286 cm³/mol. The van der Waals surface area contributed by atoms with E-state index in [0.29, 0.717) is 37.8 Å². The minimum absolute atomic E-state index is 0.116. The molecule has 4 aromatic heterocycles. The molecule has 0 saturated carbocycles. The SMILES string of the molecule is Cc1ccc(Nc2ncc3ccn(-c4ccc(CC(C(=O)C(Cc5ccc(-n6ccc7cnc(Nc8ccc(C)c(C)c8)nc76)cc5)N5CCN(CCO)CC5)N5CCN(CCO)CC5)cc4)c3n2)cc1C. The number of rotatable bonds is 18. The summed E-state index contributed by atoms with van der Waals surface area (Å²) in [6, 6.07) is 32.9. The van der Waals surface area contributed by atoms with Crippen molar-refractivity contribution < 1.29 is 15.0 Å². The highest BCUT2D eigenvalue weighted by molar-refractivity contribution is 5.90. The molecule has 15 heteroatoms. The van der Waals surface area contributed by atoms with Crippen LogP contribution in [0.1, 0.15) is 33.4 Å². The van der Waals surface area contributed by atoms with Gasteiger partial charge in [-0.1, -0.05) is 36.4 Å². The van der Waals surface area contributed by atoms with Crippen LogP contribution in [0.4, 0.5) is 23.3 Å². The zero-order valence-electron chi connectivity index (χ0n) is 41.9. The number of carbonyl (C=O) groups is 1. The van der Waals surface area contributed by atoms with Gasteiger partial charge in [-0.05, 0) is 135 Å². The van der Waals surface area contributed by atoms with Crippen LogP contribution in [0.3, 0.4) is 0 Å². The lowest BCUT2D eigenvalue weighted by atomic mass is 9.91. The third kappa shape index (κ3) is 11.0. The Kier molecular flexibility index (Phi) is 14.8. The number of anilines is 4. The second-order valence-corrected chi connectivity index (χ2v) is 19.5. The van der Waals surface area contributed by atoms with Crippen LogP contribution in [0.2, 0.25) is 0 Å². The summed E-state index contributed by atoms with van der Waals surface area (Å²) >= 11 is 0. The molecule has 15 nitrogen and oxygen atoms in total. The third-order valence-electron chi connectivity index (χ3n) is 14.9. The first-order valence-electron chi connectivity index (χ1n) is 25.3. The van der Waals surface area contributed by atoms with Crippen LogP contribution in [0.25, 0.3) is 33.4 Å². The van der Waals surface area contributed by atoms with Crippen molar-refractivity contribution in [3.8, 4) is 11.4 Å². The number of Topliss-reactive ketones (excluding diaryl/α,β-unsaturated/α-hetero) is 1. The molecule has 0 radical (unpaired) electrons. The van der Waals surface area contributed by atoms with Gasteiger partial charge in [0.1, 0.15) is 11.3 Å². The quantitative estimate of drug-likeness (QED) is 0.0687. The molecule has 6 heterocycles. The molecular formula is C57H66N12O3. The summed E-state index contributed by atoms with van der Waals surface area (Å²) in [6.07, 6.45) is 8.90. The predicted octanol–water partition coefficient (Wildman–Crippen LogP) is 7.19. The van der Waals surface area contributed by atoms with Gasteiger partial charge in [0.25, 0.3) is 0 Å². The van der Waals surface area contributed by atoms with E-state index in [1.807, 2.05) is 49.1 Å². The summed E-state index contributed by atoms with van der Waals surface area (Å²) in [5, 5.41) is 28.2. The van der Waals surface area contributed by atoms with Crippen molar-refractivity contribution in [3.05, 3.63) is 155 Å². The van der Waals surface area contributed by atoms with Crippen molar-refractivity contribution >= 4 is 51.1 Å². The Morgan fingerprint density at radius 1 is 0.528 bits per heavy atom. The average Bonchev–Trinajstić information content (AvgIpc) is 4.02. The Bertz CT molecular complexity index is 2930. The lowest BCUT2D eigenvalue weighted by Gasteiger charge is -2.43. The number of aliphatic hydroxyl groups excluding tert-OH is 2. The molecule has 2 aliphatic heterocycles. The van der Waals surface area contributed by atoms with Gasteiger partial charge in [0.05, 0.1) is 25.3 Å². The van der Waals surface area contributed by atoms with Gasteiger partial charge < -0.3 is 30.0 Å². The van der Waals surface area contributed by atoms with Crippen LogP contribution in [0, 0.1) is 27.7 Å². The van der Waals surface area contributed by atoms with Gasteiger partial charge in [-0.15, -0.1) is 0 Å². The fourth-order valence-corrected chi connectivity index (χ4v) is 10.2. The fraction of sp³-hybridized carbons (Fsp3) is 0.351. The number of piperazine rings is 2. The molecular weight excluding hydrogens is 901 g/mol. The summed E-state index contributed by atoms with van der Waals surface area (Å²) in [5.41, 5.74) is 12.5. The standard InChI is InChI=1S/C57H66N12O3/c1-39-5-11-47(33-41(39)3)60-56-58-37-45-17-19-68(54(45)62-56)49-13-7-43(8-14-49)35-51(66-25-21-64(22-26-66)29-31-70)53(72)52(67-27-23-65(24-28-67)30-32-71)36-44-9-15-50(16-10-44)69-20-18-46-38-59-57(63-55(46)69)61-48-12-6-40(2)42(4)34-48/h5-20,33-34,37-38,51-52,70-71H,21-32,35-36H2,1-4H3,(H,58,60,62)(H,59,61,63). The van der Waals surface area contributed by atoms with Crippen molar-refractivity contribution in [3.63, 3.8) is 0 Å². The van der Waals surface area contributed by atoms with E-state index in [-0.39, 0.29) is 31.1 Å². The summed E-state index contributed by atoms with van der Waals surface area (Å²) in [7, 11) is 0.